The van der Waals surface area contributed by atoms with Gasteiger partial charge in [-0.05, 0) is 31.0 Å². The van der Waals surface area contributed by atoms with E-state index < -0.39 is 10.0 Å². The fourth-order valence-electron chi connectivity index (χ4n) is 1.94. The van der Waals surface area contributed by atoms with Crippen LogP contribution in [0.3, 0.4) is 0 Å². The molecule has 0 aliphatic carbocycles. The normalized spacial score (nSPS) is 17.9. The first-order chi connectivity index (χ1) is 8.91. The van der Waals surface area contributed by atoms with E-state index in [4.69, 9.17) is 11.6 Å². The molecule has 1 fully saturated rings. The third kappa shape index (κ3) is 3.08. The van der Waals surface area contributed by atoms with Gasteiger partial charge < -0.3 is 5.32 Å². The molecule has 1 aliphatic heterocycles. The molecule has 1 saturated heterocycles. The number of carbonyl (C=O) groups is 1. The van der Waals surface area contributed by atoms with Gasteiger partial charge in [0.05, 0.1) is 11.6 Å². The van der Waals surface area contributed by atoms with E-state index in [1.807, 2.05) is 6.92 Å². The Bertz CT molecular complexity index is 601. The van der Waals surface area contributed by atoms with Crippen LogP contribution in [0.1, 0.15) is 12.0 Å². The molecule has 0 unspecified atom stereocenters. The van der Waals surface area contributed by atoms with Gasteiger partial charge >= 0.3 is 0 Å². The Labute approximate surface area is 117 Å². The summed E-state index contributed by atoms with van der Waals surface area (Å²) in [7, 11) is -3.73. The largest absolute Gasteiger partial charge is 0.355 e. The number of amides is 1. The molecule has 2 rings (SSSR count). The maximum Gasteiger partial charge on any atom is 0.245 e. The maximum atomic E-state index is 12.5. The van der Waals surface area contributed by atoms with E-state index >= 15 is 0 Å². The molecule has 0 saturated carbocycles. The van der Waals surface area contributed by atoms with Crippen molar-refractivity contribution in [2.24, 2.45) is 0 Å². The number of carbonyl (C=O) groups excluding carboxylic acids is 1. The van der Waals surface area contributed by atoms with Crippen LogP contribution in [0.15, 0.2) is 23.1 Å². The highest BCUT2D eigenvalue weighted by Crippen LogP contribution is 2.25. The average Bonchev–Trinajstić information content (AvgIpc) is 2.53. The molecule has 0 bridgehead atoms. The third-order valence-electron chi connectivity index (χ3n) is 2.93. The standard InChI is InChI=1S/C12H15ClN2O3S/c1-9-3-4-11(10(13)7-9)19(17,18)15-6-2-5-14-12(16)8-15/h3-4,7H,2,5-6,8H2,1H3,(H,14,16). The van der Waals surface area contributed by atoms with Gasteiger partial charge in [0.1, 0.15) is 4.90 Å². The van der Waals surface area contributed by atoms with Gasteiger partial charge in [-0.25, -0.2) is 8.42 Å². The number of nitrogens with one attached hydrogen (secondary N) is 1. The van der Waals surface area contributed by atoms with Crippen molar-refractivity contribution in [2.75, 3.05) is 19.6 Å². The molecule has 104 valence electrons. The first kappa shape index (κ1) is 14.3. The van der Waals surface area contributed by atoms with E-state index in [1.165, 1.54) is 10.4 Å². The molecule has 1 aromatic carbocycles. The lowest BCUT2D eigenvalue weighted by Crippen LogP contribution is -2.37. The summed E-state index contributed by atoms with van der Waals surface area (Å²) >= 11 is 6.00. The van der Waals surface area contributed by atoms with Crippen LogP contribution in [0.5, 0.6) is 0 Å². The summed E-state index contributed by atoms with van der Waals surface area (Å²) in [5.41, 5.74) is 0.887. The second-order valence-electron chi connectivity index (χ2n) is 4.48. The van der Waals surface area contributed by atoms with Crippen molar-refractivity contribution in [1.29, 1.82) is 0 Å². The molecule has 0 radical (unpaired) electrons. The molecule has 0 spiro atoms. The summed E-state index contributed by atoms with van der Waals surface area (Å²) in [5, 5.41) is 2.83. The molecule has 1 aromatic rings. The third-order valence-corrected chi connectivity index (χ3v) is 5.26. The minimum absolute atomic E-state index is 0.0504. The van der Waals surface area contributed by atoms with E-state index in [9.17, 15) is 13.2 Å². The monoisotopic (exact) mass is 302 g/mol. The lowest BCUT2D eigenvalue weighted by Gasteiger charge is -2.19. The summed E-state index contributed by atoms with van der Waals surface area (Å²) in [6, 6.07) is 4.78. The Kier molecular flexibility index (Phi) is 4.13. The van der Waals surface area contributed by atoms with Crippen LogP contribution < -0.4 is 5.32 Å². The zero-order valence-corrected chi connectivity index (χ0v) is 12.1. The van der Waals surface area contributed by atoms with Crippen LogP contribution in [-0.2, 0) is 14.8 Å². The van der Waals surface area contributed by atoms with Crippen molar-refractivity contribution in [2.45, 2.75) is 18.2 Å². The van der Waals surface area contributed by atoms with Crippen molar-refractivity contribution < 1.29 is 13.2 Å². The number of halogens is 1. The number of aryl methyl sites for hydroxylation is 1. The van der Waals surface area contributed by atoms with Crippen LogP contribution in [0.25, 0.3) is 0 Å². The Morgan fingerprint density at radius 1 is 1.37 bits per heavy atom. The smallest absolute Gasteiger partial charge is 0.245 e. The fourth-order valence-corrected chi connectivity index (χ4v) is 3.95. The second-order valence-corrected chi connectivity index (χ2v) is 6.79. The quantitative estimate of drug-likeness (QED) is 0.891. The molecule has 0 aromatic heterocycles. The van der Waals surface area contributed by atoms with Gasteiger partial charge in [0, 0.05) is 13.1 Å². The van der Waals surface area contributed by atoms with E-state index in [0.717, 1.165) is 5.56 Å². The Balaban J connectivity index is 2.38. The molecule has 5 nitrogen and oxygen atoms in total. The van der Waals surface area contributed by atoms with Gasteiger partial charge in [-0.15, -0.1) is 0 Å². The summed E-state index contributed by atoms with van der Waals surface area (Å²) in [6.07, 6.45) is 0.592. The van der Waals surface area contributed by atoms with E-state index in [1.54, 1.807) is 12.1 Å². The predicted molar refractivity (Wildman–Crippen MR) is 72.6 cm³/mol. The summed E-state index contributed by atoms with van der Waals surface area (Å²) in [4.78, 5) is 11.5. The predicted octanol–water partition coefficient (Wildman–Crippen LogP) is 1.16. The van der Waals surface area contributed by atoms with Gasteiger partial charge in [-0.3, -0.25) is 4.79 Å². The minimum atomic E-state index is -3.73. The fraction of sp³-hybridized carbons (Fsp3) is 0.417. The number of hydrogen-bond acceptors (Lipinski definition) is 3. The van der Waals surface area contributed by atoms with Gasteiger partial charge in [-0.1, -0.05) is 17.7 Å². The van der Waals surface area contributed by atoms with Crippen LogP contribution in [0.4, 0.5) is 0 Å². The molecule has 1 N–H and O–H groups in total. The molecule has 1 aliphatic rings. The van der Waals surface area contributed by atoms with Crippen LogP contribution in [0.2, 0.25) is 5.02 Å². The van der Waals surface area contributed by atoms with Crippen molar-refractivity contribution in [1.82, 2.24) is 9.62 Å². The minimum Gasteiger partial charge on any atom is -0.355 e. The molecular weight excluding hydrogens is 288 g/mol. The van der Waals surface area contributed by atoms with Gasteiger partial charge in [-0.2, -0.15) is 4.31 Å². The topological polar surface area (TPSA) is 66.5 Å². The zero-order valence-electron chi connectivity index (χ0n) is 10.5. The van der Waals surface area contributed by atoms with Crippen molar-refractivity contribution in [3.05, 3.63) is 28.8 Å². The first-order valence-electron chi connectivity index (χ1n) is 5.94. The molecule has 1 heterocycles. The second kappa shape index (κ2) is 5.48. The molecule has 19 heavy (non-hydrogen) atoms. The van der Waals surface area contributed by atoms with E-state index in [2.05, 4.69) is 5.32 Å². The highest BCUT2D eigenvalue weighted by molar-refractivity contribution is 7.89. The number of rotatable bonds is 2. The zero-order chi connectivity index (χ0) is 14.0. The number of sulfonamides is 1. The van der Waals surface area contributed by atoms with E-state index in [-0.39, 0.29) is 22.4 Å². The van der Waals surface area contributed by atoms with Crippen LogP contribution in [0, 0.1) is 6.92 Å². The first-order valence-corrected chi connectivity index (χ1v) is 7.76. The lowest BCUT2D eigenvalue weighted by molar-refractivity contribution is -0.120. The highest BCUT2D eigenvalue weighted by atomic mass is 35.5. The Hall–Kier alpha value is -1.11. The Morgan fingerprint density at radius 3 is 2.79 bits per heavy atom. The van der Waals surface area contributed by atoms with Crippen LogP contribution in [-0.4, -0.2) is 38.3 Å². The summed E-state index contributed by atoms with van der Waals surface area (Å²) in [6.45, 7) is 2.48. The Morgan fingerprint density at radius 2 is 2.11 bits per heavy atom. The molecule has 0 atom stereocenters. The van der Waals surface area contributed by atoms with Gasteiger partial charge in [0.25, 0.3) is 0 Å². The molecule has 1 amide bonds. The summed E-state index contributed by atoms with van der Waals surface area (Å²) < 4.78 is 26.1. The number of benzene rings is 1. The number of hydrogen-bond donors (Lipinski definition) is 1. The van der Waals surface area contributed by atoms with Crippen molar-refractivity contribution >= 4 is 27.5 Å². The van der Waals surface area contributed by atoms with Crippen molar-refractivity contribution in [3.63, 3.8) is 0 Å². The summed E-state index contributed by atoms with van der Waals surface area (Å²) in [5.74, 6) is -0.288. The lowest BCUT2D eigenvalue weighted by atomic mass is 10.2. The maximum absolute atomic E-state index is 12.5. The van der Waals surface area contributed by atoms with Crippen molar-refractivity contribution in [3.8, 4) is 0 Å². The number of nitrogens with zero attached hydrogens (tertiary/aromatic N) is 1. The SMILES string of the molecule is Cc1ccc(S(=O)(=O)N2CCCNC(=O)C2)c(Cl)c1. The van der Waals surface area contributed by atoms with Gasteiger partial charge in [0.2, 0.25) is 15.9 Å². The highest BCUT2D eigenvalue weighted by Gasteiger charge is 2.29. The van der Waals surface area contributed by atoms with Crippen LogP contribution >= 0.6 is 11.6 Å². The molecule has 7 heteroatoms. The van der Waals surface area contributed by atoms with E-state index in [0.29, 0.717) is 19.5 Å². The average molecular weight is 303 g/mol. The molecular formula is C12H15ClN2O3S. The van der Waals surface area contributed by atoms with Gasteiger partial charge in [0.15, 0.2) is 0 Å².